The summed E-state index contributed by atoms with van der Waals surface area (Å²) in [5, 5.41) is 13.6. The number of likely N-dealkylation sites (tertiary alicyclic amines) is 1. The van der Waals surface area contributed by atoms with Gasteiger partial charge in [-0.25, -0.2) is 0 Å². The van der Waals surface area contributed by atoms with Gasteiger partial charge in [-0.15, -0.1) is 0 Å². The van der Waals surface area contributed by atoms with Crippen LogP contribution in [0.15, 0.2) is 48.5 Å². The standard InChI is InChI=1S/C20H19N3O5/c1-20-11-15(14-8-3-4-9-16(14)28-20)17(19(25)22(20)2)18(24)21-12-6-5-7-13(10-12)23(26)27/h3-10,15,17H,11H2,1-2H3,(H,21,24). The molecule has 0 aliphatic carbocycles. The second-order valence-corrected chi connectivity index (χ2v) is 7.30. The van der Waals surface area contributed by atoms with Gasteiger partial charge in [-0.2, -0.15) is 0 Å². The zero-order valence-corrected chi connectivity index (χ0v) is 15.4. The number of rotatable bonds is 3. The van der Waals surface area contributed by atoms with Crippen molar-refractivity contribution in [3.05, 3.63) is 64.2 Å². The number of nitrogens with one attached hydrogen (secondary N) is 1. The number of anilines is 1. The number of carbonyl (C=O) groups excluding carboxylic acids is 2. The number of hydrogen-bond acceptors (Lipinski definition) is 5. The van der Waals surface area contributed by atoms with Gasteiger partial charge in [0.15, 0.2) is 5.72 Å². The third-order valence-electron chi connectivity index (χ3n) is 5.56. The molecular formula is C20H19N3O5. The maximum Gasteiger partial charge on any atom is 0.271 e. The first-order chi connectivity index (χ1) is 13.3. The van der Waals surface area contributed by atoms with Crippen LogP contribution in [0.2, 0.25) is 0 Å². The van der Waals surface area contributed by atoms with Crippen molar-refractivity contribution in [2.24, 2.45) is 5.92 Å². The van der Waals surface area contributed by atoms with Crippen LogP contribution in [0.3, 0.4) is 0 Å². The molecule has 28 heavy (non-hydrogen) atoms. The maximum absolute atomic E-state index is 13.0. The number of nitro benzene ring substituents is 1. The molecule has 2 aliphatic rings. The second-order valence-electron chi connectivity index (χ2n) is 7.30. The van der Waals surface area contributed by atoms with Crippen molar-refractivity contribution in [2.45, 2.75) is 25.0 Å². The summed E-state index contributed by atoms with van der Waals surface area (Å²) < 4.78 is 6.06. The summed E-state index contributed by atoms with van der Waals surface area (Å²) in [5.41, 5.74) is 0.149. The second kappa shape index (κ2) is 6.33. The van der Waals surface area contributed by atoms with Crippen LogP contribution in [-0.4, -0.2) is 34.4 Å². The number of benzene rings is 2. The minimum Gasteiger partial charge on any atom is -0.468 e. The van der Waals surface area contributed by atoms with Gasteiger partial charge in [0.2, 0.25) is 11.8 Å². The Morgan fingerprint density at radius 3 is 2.79 bits per heavy atom. The van der Waals surface area contributed by atoms with Crippen LogP contribution in [0.5, 0.6) is 5.75 Å². The molecule has 8 heteroatoms. The van der Waals surface area contributed by atoms with Crippen LogP contribution in [0.4, 0.5) is 11.4 Å². The van der Waals surface area contributed by atoms with E-state index >= 15 is 0 Å². The average molecular weight is 381 g/mol. The lowest BCUT2D eigenvalue weighted by atomic mass is 9.73. The fourth-order valence-corrected chi connectivity index (χ4v) is 4.01. The van der Waals surface area contributed by atoms with Crippen LogP contribution in [0.25, 0.3) is 0 Å². The molecule has 3 atom stereocenters. The summed E-state index contributed by atoms with van der Waals surface area (Å²) in [6, 6.07) is 13.1. The maximum atomic E-state index is 13.0. The largest absolute Gasteiger partial charge is 0.468 e. The van der Waals surface area contributed by atoms with Gasteiger partial charge < -0.3 is 15.0 Å². The van der Waals surface area contributed by atoms with Crippen molar-refractivity contribution >= 4 is 23.2 Å². The molecule has 0 radical (unpaired) electrons. The number of fused-ring (bicyclic) bond motifs is 4. The van der Waals surface area contributed by atoms with E-state index in [0.29, 0.717) is 12.2 Å². The minimum atomic E-state index is -0.942. The van der Waals surface area contributed by atoms with E-state index in [0.717, 1.165) is 5.56 Å². The number of non-ortho nitro benzene ring substituents is 1. The predicted molar refractivity (Wildman–Crippen MR) is 101 cm³/mol. The predicted octanol–water partition coefficient (Wildman–Crippen LogP) is 2.90. The Hall–Kier alpha value is -3.42. The van der Waals surface area contributed by atoms with Crippen molar-refractivity contribution in [1.29, 1.82) is 0 Å². The van der Waals surface area contributed by atoms with Crippen LogP contribution in [-0.2, 0) is 9.59 Å². The highest BCUT2D eigenvalue weighted by Crippen LogP contribution is 2.49. The van der Waals surface area contributed by atoms with Gasteiger partial charge in [-0.3, -0.25) is 19.7 Å². The van der Waals surface area contributed by atoms with Gasteiger partial charge in [-0.05, 0) is 24.6 Å². The lowest BCUT2D eigenvalue weighted by Gasteiger charge is -2.51. The number of ether oxygens (including phenoxy) is 1. The van der Waals surface area contributed by atoms with Crippen LogP contribution < -0.4 is 10.1 Å². The van der Waals surface area contributed by atoms with E-state index in [-0.39, 0.29) is 23.2 Å². The molecule has 3 unspecified atom stereocenters. The van der Waals surface area contributed by atoms with Crippen molar-refractivity contribution < 1.29 is 19.2 Å². The zero-order chi connectivity index (χ0) is 20.1. The normalized spacial score (nSPS) is 25.5. The summed E-state index contributed by atoms with van der Waals surface area (Å²) in [6.07, 6.45) is 0.485. The van der Waals surface area contributed by atoms with E-state index in [1.165, 1.54) is 23.1 Å². The number of para-hydroxylation sites is 1. The molecule has 144 valence electrons. The van der Waals surface area contributed by atoms with Gasteiger partial charge in [0, 0.05) is 37.2 Å². The molecule has 1 fully saturated rings. The molecule has 1 saturated heterocycles. The highest BCUT2D eigenvalue weighted by Gasteiger charge is 2.54. The van der Waals surface area contributed by atoms with Gasteiger partial charge in [-0.1, -0.05) is 24.3 Å². The summed E-state index contributed by atoms with van der Waals surface area (Å²) >= 11 is 0. The summed E-state index contributed by atoms with van der Waals surface area (Å²) in [7, 11) is 1.63. The number of amides is 2. The number of nitro groups is 1. The molecule has 0 saturated carbocycles. The molecule has 2 aromatic carbocycles. The smallest absolute Gasteiger partial charge is 0.271 e. The first-order valence-corrected chi connectivity index (χ1v) is 8.91. The third-order valence-corrected chi connectivity index (χ3v) is 5.56. The molecule has 2 amide bonds. The molecule has 2 heterocycles. The fraction of sp³-hybridized carbons (Fsp3) is 0.300. The lowest BCUT2D eigenvalue weighted by Crippen LogP contribution is -2.62. The first kappa shape index (κ1) is 18.0. The molecule has 2 aliphatic heterocycles. The van der Waals surface area contributed by atoms with Gasteiger partial charge in [0.05, 0.1) is 4.92 Å². The monoisotopic (exact) mass is 381 g/mol. The SMILES string of the molecule is CN1C(=O)C(C(=O)Nc2cccc([N+](=O)[O-])c2)C2CC1(C)Oc1ccccc12. The van der Waals surface area contributed by atoms with E-state index in [9.17, 15) is 19.7 Å². The number of piperidine rings is 1. The quantitative estimate of drug-likeness (QED) is 0.500. The molecular weight excluding hydrogens is 362 g/mol. The van der Waals surface area contributed by atoms with Crippen molar-refractivity contribution in [3.8, 4) is 5.75 Å². The fourth-order valence-electron chi connectivity index (χ4n) is 4.01. The third kappa shape index (κ3) is 2.77. The molecule has 4 rings (SSSR count). The first-order valence-electron chi connectivity index (χ1n) is 8.91. The Balaban J connectivity index is 1.69. The highest BCUT2D eigenvalue weighted by atomic mass is 16.6. The van der Waals surface area contributed by atoms with E-state index in [4.69, 9.17) is 4.74 Å². The van der Waals surface area contributed by atoms with E-state index in [2.05, 4.69) is 5.32 Å². The minimum absolute atomic E-state index is 0.131. The van der Waals surface area contributed by atoms with Crippen LogP contribution >= 0.6 is 0 Å². The van der Waals surface area contributed by atoms with Crippen LogP contribution in [0, 0.1) is 16.0 Å². The van der Waals surface area contributed by atoms with Gasteiger partial charge in [0.1, 0.15) is 11.7 Å². The van der Waals surface area contributed by atoms with E-state index in [1.807, 2.05) is 31.2 Å². The number of hydrogen-bond donors (Lipinski definition) is 1. The van der Waals surface area contributed by atoms with E-state index in [1.54, 1.807) is 13.1 Å². The van der Waals surface area contributed by atoms with Crippen molar-refractivity contribution in [2.75, 3.05) is 12.4 Å². The number of nitrogens with zero attached hydrogens (tertiary/aromatic N) is 2. The topological polar surface area (TPSA) is 102 Å². The molecule has 0 spiro atoms. The van der Waals surface area contributed by atoms with Crippen molar-refractivity contribution in [3.63, 3.8) is 0 Å². The van der Waals surface area contributed by atoms with E-state index < -0.39 is 22.5 Å². The van der Waals surface area contributed by atoms with Gasteiger partial charge >= 0.3 is 0 Å². The number of carbonyl (C=O) groups is 2. The highest BCUT2D eigenvalue weighted by molar-refractivity contribution is 6.08. The summed E-state index contributed by atoms with van der Waals surface area (Å²) in [4.78, 5) is 38.0. The Morgan fingerprint density at radius 2 is 2.04 bits per heavy atom. The molecule has 2 aromatic rings. The Morgan fingerprint density at radius 1 is 1.29 bits per heavy atom. The van der Waals surface area contributed by atoms with Crippen LogP contribution in [0.1, 0.15) is 24.8 Å². The lowest BCUT2D eigenvalue weighted by molar-refractivity contribution is -0.384. The summed E-state index contributed by atoms with van der Waals surface area (Å²) in [5.74, 6) is -1.44. The van der Waals surface area contributed by atoms with Gasteiger partial charge in [0.25, 0.3) is 5.69 Å². The Labute approximate surface area is 161 Å². The molecule has 1 N–H and O–H groups in total. The Kier molecular flexibility index (Phi) is 4.06. The average Bonchev–Trinajstić information content (AvgIpc) is 2.66. The summed E-state index contributed by atoms with van der Waals surface area (Å²) in [6.45, 7) is 1.84. The zero-order valence-electron chi connectivity index (χ0n) is 15.4. The molecule has 2 bridgehead atoms. The Bertz CT molecular complexity index is 991. The van der Waals surface area contributed by atoms with Crippen molar-refractivity contribution in [1.82, 2.24) is 4.90 Å². The molecule has 8 nitrogen and oxygen atoms in total. The molecule has 0 aromatic heterocycles.